The van der Waals surface area contributed by atoms with Gasteiger partial charge in [-0.3, -0.25) is 5.43 Å². The molecule has 4 nitrogen and oxygen atoms in total. The van der Waals surface area contributed by atoms with Gasteiger partial charge in [-0.1, -0.05) is 0 Å². The predicted octanol–water partition coefficient (Wildman–Crippen LogP) is 1.00. The number of hydrogen-bond donors (Lipinski definition) is 2. The first kappa shape index (κ1) is 12.0. The molecule has 0 amide bonds. The zero-order chi connectivity index (χ0) is 12.1. The van der Waals surface area contributed by atoms with Gasteiger partial charge in [0.05, 0.1) is 11.8 Å². The summed E-state index contributed by atoms with van der Waals surface area (Å²) >= 11 is 4.45. The molecule has 0 aliphatic carbocycles. The van der Waals surface area contributed by atoms with Gasteiger partial charge in [-0.05, 0) is 24.4 Å². The van der Waals surface area contributed by atoms with Crippen molar-refractivity contribution < 1.29 is 8.78 Å². The Labute approximate surface area is 95.4 Å². The van der Waals surface area contributed by atoms with E-state index in [2.05, 4.69) is 22.7 Å². The molecule has 0 heterocycles. The summed E-state index contributed by atoms with van der Waals surface area (Å²) < 4.78 is 26.3. The van der Waals surface area contributed by atoms with E-state index in [9.17, 15) is 8.78 Å². The van der Waals surface area contributed by atoms with Gasteiger partial charge in [-0.15, -0.1) is 0 Å². The van der Waals surface area contributed by atoms with Gasteiger partial charge in [0.25, 0.3) is 0 Å². The molecule has 0 unspecified atom stereocenters. The summed E-state index contributed by atoms with van der Waals surface area (Å²) in [7, 11) is 0. The lowest BCUT2D eigenvalue weighted by atomic mass is 10.1. The molecule has 0 bridgehead atoms. The van der Waals surface area contributed by atoms with Crippen molar-refractivity contribution in [1.29, 1.82) is 5.26 Å². The van der Waals surface area contributed by atoms with Crippen LogP contribution in [-0.2, 0) is 0 Å². The van der Waals surface area contributed by atoms with Gasteiger partial charge >= 0.3 is 0 Å². The zero-order valence-electron chi connectivity index (χ0n) is 7.87. The fourth-order valence-electron chi connectivity index (χ4n) is 0.912. The van der Waals surface area contributed by atoms with Crippen LogP contribution in [0.15, 0.2) is 17.2 Å². The van der Waals surface area contributed by atoms with Gasteiger partial charge in [0.2, 0.25) is 0 Å². The molecule has 1 rings (SSSR count). The Morgan fingerprint density at radius 2 is 2.19 bits per heavy atom. The minimum absolute atomic E-state index is 0.0919. The van der Waals surface area contributed by atoms with Gasteiger partial charge in [0.15, 0.2) is 5.11 Å². The van der Waals surface area contributed by atoms with Crippen LogP contribution in [0.4, 0.5) is 8.78 Å². The molecule has 0 atom stereocenters. The molecule has 0 aromatic heterocycles. The molecule has 0 radical (unpaired) electrons. The summed E-state index contributed by atoms with van der Waals surface area (Å²) in [4.78, 5) is 0. The van der Waals surface area contributed by atoms with E-state index in [1.54, 1.807) is 0 Å². The Bertz CT molecular complexity index is 493. The number of nitrogens with one attached hydrogen (secondary N) is 1. The van der Waals surface area contributed by atoms with Gasteiger partial charge in [-0.2, -0.15) is 10.4 Å². The number of benzene rings is 1. The van der Waals surface area contributed by atoms with E-state index in [4.69, 9.17) is 11.0 Å². The first-order chi connectivity index (χ1) is 7.54. The van der Waals surface area contributed by atoms with Crippen LogP contribution in [0.5, 0.6) is 0 Å². The monoisotopic (exact) mass is 240 g/mol. The van der Waals surface area contributed by atoms with Crippen LogP contribution in [0, 0.1) is 23.0 Å². The van der Waals surface area contributed by atoms with Crippen molar-refractivity contribution in [2.24, 2.45) is 10.8 Å². The van der Waals surface area contributed by atoms with Gasteiger partial charge in [-0.25, -0.2) is 8.78 Å². The molecule has 0 fully saturated rings. The first-order valence-corrected chi connectivity index (χ1v) is 4.43. The van der Waals surface area contributed by atoms with Crippen molar-refractivity contribution in [2.45, 2.75) is 0 Å². The summed E-state index contributed by atoms with van der Waals surface area (Å²) in [5.74, 6) is -1.58. The molecule has 7 heteroatoms. The zero-order valence-corrected chi connectivity index (χ0v) is 8.68. The summed E-state index contributed by atoms with van der Waals surface area (Å²) in [6.45, 7) is 0. The van der Waals surface area contributed by atoms with Crippen molar-refractivity contribution in [3.05, 3.63) is 34.9 Å². The maximum Gasteiger partial charge on any atom is 0.184 e. The summed E-state index contributed by atoms with van der Waals surface area (Å²) in [5.41, 5.74) is 6.78. The first-order valence-electron chi connectivity index (χ1n) is 4.02. The van der Waals surface area contributed by atoms with Crippen LogP contribution < -0.4 is 11.2 Å². The highest BCUT2D eigenvalue weighted by molar-refractivity contribution is 7.80. The van der Waals surface area contributed by atoms with E-state index in [1.165, 1.54) is 6.07 Å². The minimum Gasteiger partial charge on any atom is -0.375 e. The van der Waals surface area contributed by atoms with Gasteiger partial charge < -0.3 is 5.73 Å². The molecule has 16 heavy (non-hydrogen) atoms. The maximum atomic E-state index is 13.2. The molecule has 3 N–H and O–H groups in total. The van der Waals surface area contributed by atoms with Crippen molar-refractivity contribution in [3.63, 3.8) is 0 Å². The topological polar surface area (TPSA) is 74.2 Å². The molecule has 1 aromatic carbocycles. The standard InChI is InChI=1S/C9H6F2N4S/c10-7-2-6(4-14-15-9(13)16)8(11)1-5(7)3-12/h1-2,4H,(H3,13,15,16). The van der Waals surface area contributed by atoms with E-state index in [0.29, 0.717) is 0 Å². The SMILES string of the molecule is N#Cc1cc(F)c(C=NNC(N)=S)cc1F. The van der Waals surface area contributed by atoms with E-state index >= 15 is 0 Å². The molecule has 82 valence electrons. The highest BCUT2D eigenvalue weighted by Crippen LogP contribution is 2.12. The Morgan fingerprint density at radius 1 is 1.50 bits per heavy atom. The van der Waals surface area contributed by atoms with Crippen molar-refractivity contribution in [1.82, 2.24) is 5.43 Å². The third-order valence-corrected chi connectivity index (χ3v) is 1.68. The number of halogens is 2. The van der Waals surface area contributed by atoms with Crippen molar-refractivity contribution >= 4 is 23.5 Å². The Balaban J connectivity index is 2.99. The lowest BCUT2D eigenvalue weighted by Gasteiger charge is -1.99. The number of nitriles is 1. The van der Waals surface area contributed by atoms with E-state index in [-0.39, 0.29) is 16.2 Å². The molecule has 0 saturated carbocycles. The molecule has 0 aliphatic rings. The smallest absolute Gasteiger partial charge is 0.184 e. The Kier molecular flexibility index (Phi) is 3.85. The number of rotatable bonds is 2. The van der Waals surface area contributed by atoms with Crippen LogP contribution in [-0.4, -0.2) is 11.3 Å². The Morgan fingerprint density at radius 3 is 2.75 bits per heavy atom. The molecular formula is C9H6F2N4S. The van der Waals surface area contributed by atoms with Gasteiger partial charge in [0, 0.05) is 5.56 Å². The molecule has 0 spiro atoms. The summed E-state index contributed by atoms with van der Waals surface area (Å²) in [5, 5.41) is 11.8. The number of nitrogens with two attached hydrogens (primary N) is 1. The fourth-order valence-corrected chi connectivity index (χ4v) is 0.965. The van der Waals surface area contributed by atoms with Crippen molar-refractivity contribution in [2.75, 3.05) is 0 Å². The average Bonchev–Trinajstić information content (AvgIpc) is 2.22. The Hall–Kier alpha value is -2.07. The highest BCUT2D eigenvalue weighted by Gasteiger charge is 2.07. The van der Waals surface area contributed by atoms with Crippen LogP contribution in [0.25, 0.3) is 0 Å². The number of nitrogens with zero attached hydrogens (tertiary/aromatic N) is 2. The van der Waals surface area contributed by atoms with Gasteiger partial charge in [0.1, 0.15) is 17.7 Å². The van der Waals surface area contributed by atoms with Crippen LogP contribution in [0.2, 0.25) is 0 Å². The largest absolute Gasteiger partial charge is 0.375 e. The van der Waals surface area contributed by atoms with E-state index < -0.39 is 11.6 Å². The quantitative estimate of drug-likeness (QED) is 0.459. The molecule has 0 aliphatic heterocycles. The maximum absolute atomic E-state index is 13.2. The second-order valence-electron chi connectivity index (χ2n) is 2.70. The normalized spacial score (nSPS) is 10.1. The summed E-state index contributed by atoms with van der Waals surface area (Å²) in [6, 6.07) is 3.17. The second kappa shape index (κ2) is 5.14. The number of thiocarbonyl (C=S) groups is 1. The lowest BCUT2D eigenvalue weighted by Crippen LogP contribution is -2.24. The third-order valence-electron chi connectivity index (χ3n) is 1.59. The van der Waals surface area contributed by atoms with E-state index in [0.717, 1.165) is 18.3 Å². The third kappa shape index (κ3) is 2.96. The molecule has 0 saturated heterocycles. The number of hydrogen-bond acceptors (Lipinski definition) is 3. The lowest BCUT2D eigenvalue weighted by molar-refractivity contribution is 0.595. The van der Waals surface area contributed by atoms with Crippen LogP contribution in [0.3, 0.4) is 0 Å². The molecule has 1 aromatic rings. The second-order valence-corrected chi connectivity index (χ2v) is 3.14. The average molecular weight is 240 g/mol. The highest BCUT2D eigenvalue weighted by atomic mass is 32.1. The fraction of sp³-hybridized carbons (Fsp3) is 0. The van der Waals surface area contributed by atoms with Crippen LogP contribution >= 0.6 is 12.2 Å². The minimum atomic E-state index is -0.819. The van der Waals surface area contributed by atoms with Crippen LogP contribution in [0.1, 0.15) is 11.1 Å². The molecular weight excluding hydrogens is 234 g/mol. The van der Waals surface area contributed by atoms with E-state index in [1.807, 2.05) is 0 Å². The predicted molar refractivity (Wildman–Crippen MR) is 58.6 cm³/mol. The van der Waals surface area contributed by atoms with Crippen molar-refractivity contribution in [3.8, 4) is 6.07 Å². The summed E-state index contributed by atoms with van der Waals surface area (Å²) in [6.07, 6.45) is 1.01. The number of hydrazone groups is 1.